The summed E-state index contributed by atoms with van der Waals surface area (Å²) in [4.78, 5) is 25.8. The van der Waals surface area contributed by atoms with Crippen LogP contribution in [0.2, 0.25) is 0 Å². The number of sulfone groups is 1. The Bertz CT molecular complexity index is 794. The molecular weight excluding hydrogens is 354 g/mol. The highest BCUT2D eigenvalue weighted by Crippen LogP contribution is 2.43. The van der Waals surface area contributed by atoms with Gasteiger partial charge in [-0.15, -0.1) is 0 Å². The minimum atomic E-state index is -3.89. The second-order valence-electron chi connectivity index (χ2n) is 7.00. The van der Waals surface area contributed by atoms with E-state index in [0.717, 1.165) is 5.56 Å². The quantitative estimate of drug-likeness (QED) is 0.784. The molecule has 0 aliphatic heterocycles. The minimum absolute atomic E-state index is 0.0226. The zero-order chi connectivity index (χ0) is 19.5. The Morgan fingerprint density at radius 3 is 2.35 bits per heavy atom. The molecule has 0 aromatic heterocycles. The van der Waals surface area contributed by atoms with Gasteiger partial charge < -0.3 is 10.0 Å². The normalized spacial score (nSPS) is 16.4. The summed E-state index contributed by atoms with van der Waals surface area (Å²) in [5.41, 5.74) is 1.45. The van der Waals surface area contributed by atoms with E-state index in [2.05, 4.69) is 0 Å². The summed E-state index contributed by atoms with van der Waals surface area (Å²) in [6, 6.07) is 5.24. The summed E-state index contributed by atoms with van der Waals surface area (Å²) in [5, 5.41) is 8.92. The summed E-state index contributed by atoms with van der Waals surface area (Å²) < 4.78 is 25.6. The second-order valence-corrected chi connectivity index (χ2v) is 9.23. The lowest BCUT2D eigenvalue weighted by Crippen LogP contribution is -2.52. The zero-order valence-electron chi connectivity index (χ0n) is 15.6. The van der Waals surface area contributed by atoms with E-state index in [4.69, 9.17) is 5.11 Å². The molecule has 1 aromatic carbocycles. The number of nitrogens with zero attached hydrogens (tertiary/aromatic N) is 1. The number of aryl methyl sites for hydroxylation is 2. The number of carboxylic acids is 1. The number of benzene rings is 1. The standard InChI is InChI=1S/C19H27NO5S/c1-4-20(12-9-17(21)22)18(23)19(10-5-6-11-19)26(24,25)16-13-14(2)7-8-15(16)3/h7-8,13H,4-6,9-12H2,1-3H3,(H,21,22). The molecule has 1 N–H and O–H groups in total. The lowest BCUT2D eigenvalue weighted by atomic mass is 10.1. The average molecular weight is 381 g/mol. The third kappa shape index (κ3) is 3.63. The van der Waals surface area contributed by atoms with Crippen molar-refractivity contribution in [1.29, 1.82) is 0 Å². The molecule has 1 aliphatic carbocycles. The predicted octanol–water partition coefficient (Wildman–Crippen LogP) is 2.71. The van der Waals surface area contributed by atoms with E-state index in [1.165, 1.54) is 4.90 Å². The Morgan fingerprint density at radius 2 is 1.81 bits per heavy atom. The number of carbonyl (C=O) groups excluding carboxylic acids is 1. The van der Waals surface area contributed by atoms with Gasteiger partial charge in [0.15, 0.2) is 14.6 Å². The van der Waals surface area contributed by atoms with Gasteiger partial charge in [0.1, 0.15) is 0 Å². The SMILES string of the molecule is CCN(CCC(=O)O)C(=O)C1(S(=O)(=O)c2cc(C)ccc2C)CCCC1. The van der Waals surface area contributed by atoms with Gasteiger partial charge in [-0.25, -0.2) is 8.42 Å². The van der Waals surface area contributed by atoms with E-state index in [1.54, 1.807) is 26.0 Å². The van der Waals surface area contributed by atoms with E-state index < -0.39 is 26.5 Å². The molecule has 0 spiro atoms. The van der Waals surface area contributed by atoms with Gasteiger partial charge in [-0.05, 0) is 50.8 Å². The molecule has 144 valence electrons. The number of carboxylic acid groups (broad SMARTS) is 1. The predicted molar refractivity (Wildman–Crippen MR) is 98.8 cm³/mol. The van der Waals surface area contributed by atoms with Crippen LogP contribution in [0.1, 0.15) is 50.2 Å². The van der Waals surface area contributed by atoms with Gasteiger partial charge >= 0.3 is 5.97 Å². The van der Waals surface area contributed by atoms with Gasteiger partial charge in [-0.1, -0.05) is 25.0 Å². The molecule has 6 nitrogen and oxygen atoms in total. The van der Waals surface area contributed by atoms with Gasteiger partial charge in [0.05, 0.1) is 11.3 Å². The molecule has 1 amide bonds. The van der Waals surface area contributed by atoms with Crippen molar-refractivity contribution in [2.75, 3.05) is 13.1 Å². The lowest BCUT2D eigenvalue weighted by molar-refractivity contribution is -0.139. The molecule has 1 aliphatic rings. The van der Waals surface area contributed by atoms with Gasteiger partial charge in [0, 0.05) is 13.1 Å². The summed E-state index contributed by atoms with van der Waals surface area (Å²) in [7, 11) is -3.89. The van der Waals surface area contributed by atoms with Gasteiger partial charge in [-0.3, -0.25) is 9.59 Å². The number of carbonyl (C=O) groups is 2. The third-order valence-electron chi connectivity index (χ3n) is 5.21. The first kappa shape index (κ1) is 20.4. The van der Waals surface area contributed by atoms with E-state index in [-0.39, 0.29) is 37.2 Å². The fourth-order valence-corrected chi connectivity index (χ4v) is 6.11. The van der Waals surface area contributed by atoms with Crippen molar-refractivity contribution in [1.82, 2.24) is 4.90 Å². The highest BCUT2D eigenvalue weighted by Gasteiger charge is 2.54. The average Bonchev–Trinajstić information content (AvgIpc) is 3.08. The molecule has 1 saturated carbocycles. The number of rotatable bonds is 7. The molecule has 0 saturated heterocycles. The van der Waals surface area contributed by atoms with E-state index in [1.807, 2.05) is 13.0 Å². The molecule has 1 aromatic rings. The third-order valence-corrected chi connectivity index (χ3v) is 7.84. The van der Waals surface area contributed by atoms with Crippen molar-refractivity contribution in [3.8, 4) is 0 Å². The van der Waals surface area contributed by atoms with Gasteiger partial charge in [0.2, 0.25) is 5.91 Å². The molecule has 0 heterocycles. The molecule has 0 unspecified atom stereocenters. The molecule has 2 rings (SSSR count). The molecule has 0 atom stereocenters. The molecule has 7 heteroatoms. The Hall–Kier alpha value is -1.89. The monoisotopic (exact) mass is 381 g/mol. The Balaban J connectivity index is 2.50. The summed E-state index contributed by atoms with van der Waals surface area (Å²) in [6.45, 7) is 5.62. The largest absolute Gasteiger partial charge is 0.481 e. The lowest BCUT2D eigenvalue weighted by Gasteiger charge is -2.34. The Kier molecular flexibility index (Phi) is 6.11. The first-order valence-corrected chi connectivity index (χ1v) is 10.5. The summed E-state index contributed by atoms with van der Waals surface area (Å²) >= 11 is 0. The topological polar surface area (TPSA) is 91.8 Å². The number of hydrogen-bond donors (Lipinski definition) is 1. The van der Waals surface area contributed by atoms with E-state index in [0.29, 0.717) is 18.4 Å². The summed E-state index contributed by atoms with van der Waals surface area (Å²) in [5.74, 6) is -1.46. The smallest absolute Gasteiger partial charge is 0.305 e. The van der Waals surface area contributed by atoms with Gasteiger partial charge in [0.25, 0.3) is 0 Å². The van der Waals surface area contributed by atoms with Crippen LogP contribution in [0.4, 0.5) is 0 Å². The number of hydrogen-bond acceptors (Lipinski definition) is 4. The van der Waals surface area contributed by atoms with Crippen LogP contribution >= 0.6 is 0 Å². The molecular formula is C19H27NO5S. The van der Waals surface area contributed by atoms with Crippen molar-refractivity contribution < 1.29 is 23.1 Å². The number of amides is 1. The molecule has 26 heavy (non-hydrogen) atoms. The highest BCUT2D eigenvalue weighted by molar-refractivity contribution is 7.93. The van der Waals surface area contributed by atoms with Crippen LogP contribution in [0.3, 0.4) is 0 Å². The maximum absolute atomic E-state index is 13.6. The highest BCUT2D eigenvalue weighted by atomic mass is 32.2. The van der Waals surface area contributed by atoms with Crippen molar-refractivity contribution in [3.05, 3.63) is 29.3 Å². The van der Waals surface area contributed by atoms with Crippen LogP contribution < -0.4 is 0 Å². The summed E-state index contributed by atoms with van der Waals surface area (Å²) in [6.07, 6.45) is 1.72. The molecule has 0 bridgehead atoms. The zero-order valence-corrected chi connectivity index (χ0v) is 16.4. The first-order chi connectivity index (χ1) is 12.2. The fourth-order valence-electron chi connectivity index (χ4n) is 3.67. The van der Waals surface area contributed by atoms with Crippen LogP contribution in [0.25, 0.3) is 0 Å². The van der Waals surface area contributed by atoms with Crippen LogP contribution in [0.5, 0.6) is 0 Å². The van der Waals surface area contributed by atoms with Crippen molar-refractivity contribution in [2.45, 2.75) is 62.5 Å². The van der Waals surface area contributed by atoms with Crippen LogP contribution in [0.15, 0.2) is 23.1 Å². The maximum Gasteiger partial charge on any atom is 0.305 e. The van der Waals surface area contributed by atoms with Gasteiger partial charge in [-0.2, -0.15) is 0 Å². The molecule has 1 fully saturated rings. The van der Waals surface area contributed by atoms with E-state index in [9.17, 15) is 18.0 Å². The van der Waals surface area contributed by atoms with Crippen LogP contribution in [0, 0.1) is 13.8 Å². The van der Waals surface area contributed by atoms with Crippen molar-refractivity contribution in [3.63, 3.8) is 0 Å². The Morgan fingerprint density at radius 1 is 1.19 bits per heavy atom. The second kappa shape index (κ2) is 7.78. The first-order valence-electron chi connectivity index (χ1n) is 8.99. The molecule has 0 radical (unpaired) electrons. The fraction of sp³-hybridized carbons (Fsp3) is 0.579. The van der Waals surface area contributed by atoms with Crippen LogP contribution in [-0.2, 0) is 19.4 Å². The van der Waals surface area contributed by atoms with Crippen molar-refractivity contribution in [2.24, 2.45) is 0 Å². The van der Waals surface area contributed by atoms with Crippen LogP contribution in [-0.4, -0.2) is 48.1 Å². The Labute approximate surface area is 155 Å². The number of aliphatic carboxylic acids is 1. The maximum atomic E-state index is 13.6. The van der Waals surface area contributed by atoms with Crippen molar-refractivity contribution >= 4 is 21.7 Å². The minimum Gasteiger partial charge on any atom is -0.481 e. The van der Waals surface area contributed by atoms with E-state index >= 15 is 0 Å².